The van der Waals surface area contributed by atoms with E-state index in [0.717, 1.165) is 23.5 Å². The van der Waals surface area contributed by atoms with Gasteiger partial charge in [-0.3, -0.25) is 0 Å². The summed E-state index contributed by atoms with van der Waals surface area (Å²) in [7, 11) is 0. The van der Waals surface area contributed by atoms with E-state index in [1.165, 1.54) is 18.5 Å². The zero-order chi connectivity index (χ0) is 15.5. The van der Waals surface area contributed by atoms with Crippen molar-refractivity contribution in [3.63, 3.8) is 0 Å². The first-order chi connectivity index (χ1) is 9.86. The fraction of sp³-hybridized carbons (Fsp3) is 0.429. The minimum absolute atomic E-state index is 0.321. The van der Waals surface area contributed by atoms with Gasteiger partial charge in [0.25, 0.3) is 0 Å². The van der Waals surface area contributed by atoms with E-state index in [9.17, 15) is 13.2 Å². The summed E-state index contributed by atoms with van der Waals surface area (Å²) >= 11 is 0. The number of halogens is 3. The molecule has 2 aromatic rings. The number of benzene rings is 1. The predicted octanol–water partition coefficient (Wildman–Crippen LogP) is 2.84. The first-order valence-corrected chi connectivity index (χ1v) is 6.62. The number of rotatable bonds is 5. The Kier molecular flexibility index (Phi) is 4.62. The number of aromatic nitrogens is 3. The largest absolute Gasteiger partial charge is 0.416 e. The van der Waals surface area contributed by atoms with Crippen molar-refractivity contribution in [1.29, 1.82) is 0 Å². The molecule has 0 aliphatic heterocycles. The molecule has 0 unspecified atom stereocenters. The fourth-order valence-electron chi connectivity index (χ4n) is 1.82. The molecule has 0 aliphatic carbocycles. The highest BCUT2D eigenvalue weighted by Gasteiger charge is 2.29. The summed E-state index contributed by atoms with van der Waals surface area (Å²) in [4.78, 5) is 4.15. The molecule has 0 radical (unpaired) electrons. The third kappa shape index (κ3) is 4.29. The van der Waals surface area contributed by atoms with Gasteiger partial charge in [0.2, 0.25) is 0 Å². The van der Waals surface area contributed by atoms with Gasteiger partial charge in [-0.1, -0.05) is 26.0 Å². The zero-order valence-corrected chi connectivity index (χ0v) is 11.9. The van der Waals surface area contributed by atoms with Crippen LogP contribution in [0.2, 0.25) is 0 Å². The SMILES string of the molecule is CC(C)NCc1ncnn1Cc1ccc(C(F)(F)F)cc1. The van der Waals surface area contributed by atoms with Crippen molar-refractivity contribution >= 4 is 0 Å². The van der Waals surface area contributed by atoms with Gasteiger partial charge < -0.3 is 5.32 Å². The smallest absolute Gasteiger partial charge is 0.308 e. The van der Waals surface area contributed by atoms with Gasteiger partial charge >= 0.3 is 6.18 Å². The highest BCUT2D eigenvalue weighted by Crippen LogP contribution is 2.29. The Morgan fingerprint density at radius 1 is 1.19 bits per heavy atom. The normalized spacial score (nSPS) is 12.1. The quantitative estimate of drug-likeness (QED) is 0.923. The molecule has 0 amide bonds. The lowest BCUT2D eigenvalue weighted by Gasteiger charge is -2.10. The van der Waals surface area contributed by atoms with Crippen molar-refractivity contribution < 1.29 is 13.2 Å². The number of hydrogen-bond acceptors (Lipinski definition) is 3. The minimum Gasteiger partial charge on any atom is -0.308 e. The van der Waals surface area contributed by atoms with Crippen LogP contribution in [0.3, 0.4) is 0 Å². The standard InChI is InChI=1S/C14H17F3N4/c1-10(2)18-7-13-19-9-20-21(13)8-11-3-5-12(6-4-11)14(15,16)17/h3-6,9-10,18H,7-8H2,1-2H3. The van der Waals surface area contributed by atoms with Gasteiger partial charge in [-0.05, 0) is 17.7 Å². The van der Waals surface area contributed by atoms with E-state index < -0.39 is 11.7 Å². The molecule has 0 bridgehead atoms. The molecule has 7 heteroatoms. The second-order valence-corrected chi connectivity index (χ2v) is 5.06. The summed E-state index contributed by atoms with van der Waals surface area (Å²) in [5, 5.41) is 7.33. The van der Waals surface area contributed by atoms with Gasteiger partial charge in [0.15, 0.2) is 0 Å². The summed E-state index contributed by atoms with van der Waals surface area (Å²) in [5.41, 5.74) is 0.103. The molecule has 4 nitrogen and oxygen atoms in total. The van der Waals surface area contributed by atoms with Crippen LogP contribution in [0.4, 0.5) is 13.2 Å². The van der Waals surface area contributed by atoms with Crippen molar-refractivity contribution in [2.75, 3.05) is 0 Å². The fourth-order valence-corrected chi connectivity index (χ4v) is 1.82. The van der Waals surface area contributed by atoms with Gasteiger partial charge in [0, 0.05) is 6.04 Å². The Morgan fingerprint density at radius 2 is 1.86 bits per heavy atom. The summed E-state index contributed by atoms with van der Waals surface area (Å²) in [5.74, 6) is 0.753. The predicted molar refractivity (Wildman–Crippen MR) is 72.5 cm³/mol. The molecule has 0 fully saturated rings. The van der Waals surface area contributed by atoms with Crippen LogP contribution in [0, 0.1) is 0 Å². The third-order valence-electron chi connectivity index (χ3n) is 2.98. The molecule has 1 aromatic carbocycles. The maximum absolute atomic E-state index is 12.5. The number of nitrogens with zero attached hydrogens (tertiary/aromatic N) is 3. The number of nitrogens with one attached hydrogen (secondary N) is 1. The Labute approximate surface area is 121 Å². The third-order valence-corrected chi connectivity index (χ3v) is 2.98. The molecule has 0 atom stereocenters. The van der Waals surface area contributed by atoms with E-state index in [-0.39, 0.29) is 0 Å². The van der Waals surface area contributed by atoms with E-state index in [0.29, 0.717) is 19.1 Å². The van der Waals surface area contributed by atoms with Gasteiger partial charge in [0.05, 0.1) is 18.7 Å². The van der Waals surface area contributed by atoms with Gasteiger partial charge in [-0.25, -0.2) is 9.67 Å². The Hall–Kier alpha value is -1.89. The molecule has 1 aromatic heterocycles. The molecule has 0 saturated heterocycles. The lowest BCUT2D eigenvalue weighted by molar-refractivity contribution is -0.137. The Morgan fingerprint density at radius 3 is 2.43 bits per heavy atom. The molecule has 0 aliphatic rings. The first kappa shape index (κ1) is 15.5. The van der Waals surface area contributed by atoms with Gasteiger partial charge in [-0.15, -0.1) is 0 Å². The lowest BCUT2D eigenvalue weighted by Crippen LogP contribution is -2.24. The van der Waals surface area contributed by atoms with E-state index in [4.69, 9.17) is 0 Å². The van der Waals surface area contributed by atoms with E-state index in [1.54, 1.807) is 4.68 Å². The molecular weight excluding hydrogens is 281 g/mol. The molecule has 1 N–H and O–H groups in total. The van der Waals surface area contributed by atoms with Crippen LogP contribution >= 0.6 is 0 Å². The second-order valence-electron chi connectivity index (χ2n) is 5.06. The molecule has 21 heavy (non-hydrogen) atoms. The first-order valence-electron chi connectivity index (χ1n) is 6.62. The molecule has 114 valence electrons. The zero-order valence-electron chi connectivity index (χ0n) is 11.9. The topological polar surface area (TPSA) is 42.7 Å². The van der Waals surface area contributed by atoms with Crippen LogP contribution in [0.15, 0.2) is 30.6 Å². The number of hydrogen-bond donors (Lipinski definition) is 1. The molecule has 1 heterocycles. The Bertz CT molecular complexity index is 573. The summed E-state index contributed by atoms with van der Waals surface area (Å²) in [6, 6.07) is 5.41. The van der Waals surface area contributed by atoms with E-state index >= 15 is 0 Å². The van der Waals surface area contributed by atoms with Crippen molar-refractivity contribution in [2.45, 2.75) is 39.2 Å². The highest BCUT2D eigenvalue weighted by atomic mass is 19.4. The van der Waals surface area contributed by atoms with E-state index in [2.05, 4.69) is 15.4 Å². The van der Waals surface area contributed by atoms with E-state index in [1.807, 2.05) is 13.8 Å². The van der Waals surface area contributed by atoms with Crippen LogP contribution in [-0.4, -0.2) is 20.8 Å². The van der Waals surface area contributed by atoms with Crippen LogP contribution in [0.1, 0.15) is 30.8 Å². The summed E-state index contributed by atoms with van der Waals surface area (Å²) < 4.78 is 39.2. The second kappa shape index (κ2) is 6.26. The van der Waals surface area contributed by atoms with Crippen molar-refractivity contribution in [2.24, 2.45) is 0 Å². The van der Waals surface area contributed by atoms with Crippen molar-refractivity contribution in [1.82, 2.24) is 20.1 Å². The van der Waals surface area contributed by atoms with Crippen LogP contribution in [0.5, 0.6) is 0 Å². The van der Waals surface area contributed by atoms with Crippen LogP contribution in [0.25, 0.3) is 0 Å². The molecule has 0 spiro atoms. The molecule has 0 saturated carbocycles. The van der Waals surface area contributed by atoms with Gasteiger partial charge in [-0.2, -0.15) is 18.3 Å². The van der Waals surface area contributed by atoms with Gasteiger partial charge in [0.1, 0.15) is 12.2 Å². The average Bonchev–Trinajstić information content (AvgIpc) is 2.83. The van der Waals surface area contributed by atoms with Crippen LogP contribution < -0.4 is 5.32 Å². The molecule has 2 rings (SSSR count). The minimum atomic E-state index is -4.31. The Balaban J connectivity index is 2.07. The lowest BCUT2D eigenvalue weighted by atomic mass is 10.1. The van der Waals surface area contributed by atoms with Crippen molar-refractivity contribution in [3.8, 4) is 0 Å². The van der Waals surface area contributed by atoms with Crippen LogP contribution in [-0.2, 0) is 19.3 Å². The monoisotopic (exact) mass is 298 g/mol. The molecular formula is C14H17F3N4. The number of alkyl halides is 3. The highest BCUT2D eigenvalue weighted by molar-refractivity contribution is 5.24. The summed E-state index contributed by atoms with van der Waals surface area (Å²) in [6.07, 6.45) is -2.86. The van der Waals surface area contributed by atoms with Crippen molar-refractivity contribution in [3.05, 3.63) is 47.5 Å². The maximum atomic E-state index is 12.5. The maximum Gasteiger partial charge on any atom is 0.416 e. The summed E-state index contributed by atoms with van der Waals surface area (Å²) in [6.45, 7) is 5.01. The average molecular weight is 298 g/mol.